The lowest BCUT2D eigenvalue weighted by molar-refractivity contribution is -0.139. The zero-order chi connectivity index (χ0) is 15.0. The molecule has 1 unspecified atom stereocenters. The number of carbonyl (C=O) groups excluding carboxylic acids is 1. The number of rotatable bonds is 6. The van der Waals surface area contributed by atoms with E-state index < -0.39 is 24.1 Å². The van der Waals surface area contributed by atoms with Gasteiger partial charge in [-0.25, -0.2) is 9.59 Å². The van der Waals surface area contributed by atoms with E-state index >= 15 is 0 Å². The largest absolute Gasteiger partial charge is 0.480 e. The molecule has 0 aliphatic rings. The lowest BCUT2D eigenvalue weighted by Gasteiger charge is -2.17. The van der Waals surface area contributed by atoms with Crippen LogP contribution in [-0.2, 0) is 11.2 Å². The van der Waals surface area contributed by atoms with Gasteiger partial charge in [0, 0.05) is 6.42 Å². The summed E-state index contributed by atoms with van der Waals surface area (Å²) in [6, 6.07) is 7.14. The van der Waals surface area contributed by atoms with Gasteiger partial charge in [0.25, 0.3) is 0 Å². The van der Waals surface area contributed by atoms with Crippen molar-refractivity contribution in [2.24, 2.45) is 0 Å². The van der Waals surface area contributed by atoms with Crippen LogP contribution in [0, 0.1) is 12.3 Å². The van der Waals surface area contributed by atoms with Crippen molar-refractivity contribution in [3.05, 3.63) is 35.9 Å². The highest BCUT2D eigenvalue weighted by Crippen LogP contribution is 2.03. The molecule has 3 N–H and O–H groups in total. The number of terminal acetylenes is 1. The van der Waals surface area contributed by atoms with Gasteiger partial charge in [-0.05, 0) is 12.0 Å². The van der Waals surface area contributed by atoms with Crippen molar-refractivity contribution >= 4 is 12.0 Å². The molecule has 5 nitrogen and oxygen atoms in total. The molecule has 0 heterocycles. The average molecular weight is 274 g/mol. The minimum absolute atomic E-state index is 0.219. The van der Waals surface area contributed by atoms with E-state index in [9.17, 15) is 9.59 Å². The standard InChI is InChI=1S/C15H18N2O3/c1-3-12(4-2)16-15(20)17-13(14(18)19)10-11-8-6-5-7-9-11/h1,5-9,12-13H,4,10H2,2H3,(H,18,19)(H2,16,17,20)/t12?,13-/m1/s1. The first kappa shape index (κ1) is 15.6. The Labute approximate surface area is 118 Å². The zero-order valence-electron chi connectivity index (χ0n) is 11.3. The molecule has 0 aliphatic carbocycles. The molecule has 20 heavy (non-hydrogen) atoms. The monoisotopic (exact) mass is 274 g/mol. The van der Waals surface area contributed by atoms with E-state index in [1.807, 2.05) is 37.3 Å². The Morgan fingerprint density at radius 1 is 1.30 bits per heavy atom. The summed E-state index contributed by atoms with van der Waals surface area (Å²) in [5.74, 6) is 1.33. The van der Waals surface area contributed by atoms with Crippen LogP contribution in [0.15, 0.2) is 30.3 Å². The van der Waals surface area contributed by atoms with Gasteiger partial charge in [0.1, 0.15) is 6.04 Å². The summed E-state index contributed by atoms with van der Waals surface area (Å²) in [5.41, 5.74) is 0.837. The minimum Gasteiger partial charge on any atom is -0.480 e. The maximum absolute atomic E-state index is 11.7. The average Bonchev–Trinajstić information content (AvgIpc) is 2.45. The van der Waals surface area contributed by atoms with Crippen molar-refractivity contribution in [3.8, 4) is 12.3 Å². The highest BCUT2D eigenvalue weighted by atomic mass is 16.4. The fourth-order valence-electron chi connectivity index (χ4n) is 1.67. The first-order chi connectivity index (χ1) is 9.56. The summed E-state index contributed by atoms with van der Waals surface area (Å²) in [6.45, 7) is 1.84. The Bertz CT molecular complexity index is 494. The van der Waals surface area contributed by atoms with E-state index in [0.717, 1.165) is 5.56 Å². The molecular weight excluding hydrogens is 256 g/mol. The Morgan fingerprint density at radius 2 is 1.95 bits per heavy atom. The fourth-order valence-corrected chi connectivity index (χ4v) is 1.67. The van der Waals surface area contributed by atoms with Gasteiger partial charge >= 0.3 is 12.0 Å². The number of benzene rings is 1. The first-order valence-electron chi connectivity index (χ1n) is 6.36. The van der Waals surface area contributed by atoms with Gasteiger partial charge in [0.15, 0.2) is 0 Å². The van der Waals surface area contributed by atoms with E-state index in [0.29, 0.717) is 6.42 Å². The van der Waals surface area contributed by atoms with Gasteiger partial charge in [0.2, 0.25) is 0 Å². The summed E-state index contributed by atoms with van der Waals surface area (Å²) >= 11 is 0. The van der Waals surface area contributed by atoms with Gasteiger partial charge in [-0.2, -0.15) is 0 Å². The molecule has 0 spiro atoms. The molecule has 0 aromatic heterocycles. The van der Waals surface area contributed by atoms with E-state index in [2.05, 4.69) is 16.6 Å². The molecule has 1 aromatic carbocycles. The second kappa shape index (κ2) is 7.85. The van der Waals surface area contributed by atoms with E-state index in [4.69, 9.17) is 11.5 Å². The highest BCUT2D eigenvalue weighted by Gasteiger charge is 2.21. The van der Waals surface area contributed by atoms with Crippen LogP contribution in [0.1, 0.15) is 18.9 Å². The summed E-state index contributed by atoms with van der Waals surface area (Å²) in [4.78, 5) is 22.9. The quantitative estimate of drug-likeness (QED) is 0.686. The Morgan fingerprint density at radius 3 is 2.45 bits per heavy atom. The second-order valence-electron chi connectivity index (χ2n) is 4.33. The highest BCUT2D eigenvalue weighted by molar-refractivity contribution is 5.83. The van der Waals surface area contributed by atoms with Crippen molar-refractivity contribution in [1.29, 1.82) is 0 Å². The van der Waals surface area contributed by atoms with Crippen molar-refractivity contribution < 1.29 is 14.7 Å². The van der Waals surface area contributed by atoms with Crippen LogP contribution in [0.4, 0.5) is 4.79 Å². The molecule has 2 atom stereocenters. The zero-order valence-corrected chi connectivity index (χ0v) is 11.3. The van der Waals surface area contributed by atoms with Crippen LogP contribution in [0.3, 0.4) is 0 Å². The minimum atomic E-state index is -1.09. The van der Waals surface area contributed by atoms with Crippen LogP contribution in [0.2, 0.25) is 0 Å². The fraction of sp³-hybridized carbons (Fsp3) is 0.333. The van der Waals surface area contributed by atoms with Crippen molar-refractivity contribution in [2.45, 2.75) is 31.8 Å². The lowest BCUT2D eigenvalue weighted by Crippen LogP contribution is -2.49. The van der Waals surface area contributed by atoms with Crippen molar-refractivity contribution in [2.75, 3.05) is 0 Å². The Balaban J connectivity index is 2.62. The predicted octanol–water partition coefficient (Wildman–Crippen LogP) is 1.39. The third-order valence-corrected chi connectivity index (χ3v) is 2.80. The third kappa shape index (κ3) is 5.02. The second-order valence-corrected chi connectivity index (χ2v) is 4.33. The Hall–Kier alpha value is -2.48. The number of carboxylic acid groups (broad SMARTS) is 1. The molecule has 0 bridgehead atoms. The maximum atomic E-state index is 11.7. The maximum Gasteiger partial charge on any atom is 0.326 e. The van der Waals surface area contributed by atoms with Crippen molar-refractivity contribution in [1.82, 2.24) is 10.6 Å². The van der Waals surface area contributed by atoms with Crippen LogP contribution in [0.25, 0.3) is 0 Å². The summed E-state index contributed by atoms with van der Waals surface area (Å²) in [5, 5.41) is 14.1. The van der Waals surface area contributed by atoms with Gasteiger partial charge in [-0.3, -0.25) is 0 Å². The van der Waals surface area contributed by atoms with Crippen molar-refractivity contribution in [3.63, 3.8) is 0 Å². The normalized spacial score (nSPS) is 12.8. The molecule has 1 aromatic rings. The van der Waals surface area contributed by atoms with E-state index in [1.165, 1.54) is 0 Å². The molecule has 1 rings (SSSR count). The molecule has 5 heteroatoms. The first-order valence-corrected chi connectivity index (χ1v) is 6.36. The molecule has 106 valence electrons. The molecule has 0 saturated carbocycles. The van der Waals surface area contributed by atoms with Gasteiger partial charge in [0.05, 0.1) is 6.04 Å². The van der Waals surface area contributed by atoms with Gasteiger partial charge in [-0.15, -0.1) is 6.42 Å². The summed E-state index contributed by atoms with van der Waals surface area (Å²) < 4.78 is 0. The van der Waals surface area contributed by atoms with Crippen LogP contribution < -0.4 is 10.6 Å². The SMILES string of the molecule is C#CC(CC)NC(=O)N[C@H](Cc1ccccc1)C(=O)O. The number of amides is 2. The number of carboxylic acids is 1. The van der Waals surface area contributed by atoms with Crippen LogP contribution in [0.5, 0.6) is 0 Å². The predicted molar refractivity (Wildman–Crippen MR) is 76.1 cm³/mol. The van der Waals surface area contributed by atoms with E-state index in [1.54, 1.807) is 0 Å². The number of carbonyl (C=O) groups is 2. The van der Waals surface area contributed by atoms with Crippen LogP contribution in [-0.4, -0.2) is 29.2 Å². The lowest BCUT2D eigenvalue weighted by atomic mass is 10.1. The third-order valence-electron chi connectivity index (χ3n) is 2.80. The number of urea groups is 1. The van der Waals surface area contributed by atoms with Gasteiger partial charge in [-0.1, -0.05) is 43.2 Å². The number of aliphatic carboxylic acids is 1. The molecule has 0 saturated heterocycles. The van der Waals surface area contributed by atoms with Gasteiger partial charge < -0.3 is 15.7 Å². The molecular formula is C15H18N2O3. The number of hydrogen-bond acceptors (Lipinski definition) is 2. The summed E-state index contributed by atoms with van der Waals surface area (Å²) in [6.07, 6.45) is 6.04. The molecule has 2 amide bonds. The molecule has 0 fully saturated rings. The van der Waals surface area contributed by atoms with Crippen LogP contribution >= 0.6 is 0 Å². The Kier molecular flexibility index (Phi) is 6.11. The number of nitrogens with one attached hydrogen (secondary N) is 2. The summed E-state index contributed by atoms with van der Waals surface area (Å²) in [7, 11) is 0. The topological polar surface area (TPSA) is 78.4 Å². The molecule has 0 aliphatic heterocycles. The smallest absolute Gasteiger partial charge is 0.326 e. The number of hydrogen-bond donors (Lipinski definition) is 3. The van der Waals surface area contributed by atoms with E-state index in [-0.39, 0.29) is 6.42 Å². The molecule has 0 radical (unpaired) electrons.